The summed E-state index contributed by atoms with van der Waals surface area (Å²) in [6.07, 6.45) is 1.55. The molecule has 0 bridgehead atoms. The third kappa shape index (κ3) is 2.53. The normalized spacial score (nSPS) is 14.0. The number of aromatic nitrogens is 4. The van der Waals surface area contributed by atoms with Gasteiger partial charge in [0.2, 0.25) is 0 Å². The van der Waals surface area contributed by atoms with Crippen molar-refractivity contribution in [3.05, 3.63) is 64.9 Å². The summed E-state index contributed by atoms with van der Waals surface area (Å²) in [5.74, 6) is -0.111. The Morgan fingerprint density at radius 1 is 1.12 bits per heavy atom. The Morgan fingerprint density at radius 3 is 2.62 bits per heavy atom. The fourth-order valence-corrected chi connectivity index (χ4v) is 4.23. The van der Waals surface area contributed by atoms with Crippen molar-refractivity contribution in [3.8, 4) is 10.4 Å². The number of rotatable bonds is 4. The van der Waals surface area contributed by atoms with Crippen molar-refractivity contribution in [3.63, 3.8) is 0 Å². The van der Waals surface area contributed by atoms with Crippen LogP contribution in [0.15, 0.2) is 48.0 Å². The van der Waals surface area contributed by atoms with Crippen molar-refractivity contribution in [2.24, 2.45) is 5.92 Å². The number of aryl methyl sites for hydroxylation is 1. The molecule has 4 aromatic rings. The fourth-order valence-electron chi connectivity index (χ4n) is 3.38. The molecule has 5 nitrogen and oxygen atoms in total. The summed E-state index contributed by atoms with van der Waals surface area (Å²) in [6.45, 7) is 6.02. The molecule has 1 aromatic carbocycles. The zero-order chi connectivity index (χ0) is 18.3. The number of hydrogen-bond donors (Lipinski definition) is 2. The second-order valence-corrected chi connectivity index (χ2v) is 7.72. The van der Waals surface area contributed by atoms with Crippen LogP contribution in [0.25, 0.3) is 21.3 Å². The highest BCUT2D eigenvalue weighted by Gasteiger charge is 2.39. The number of thiophene rings is 1. The number of benzene rings is 1. The molecule has 0 aliphatic rings. The molecule has 2 N–H and O–H groups in total. The number of nitrogens with one attached hydrogen (secondary N) is 1. The third-order valence-electron chi connectivity index (χ3n) is 4.88. The molecule has 6 heteroatoms. The van der Waals surface area contributed by atoms with Crippen LogP contribution in [-0.4, -0.2) is 25.5 Å². The van der Waals surface area contributed by atoms with Crippen LogP contribution in [0.3, 0.4) is 0 Å². The molecule has 1 unspecified atom stereocenters. The van der Waals surface area contributed by atoms with Crippen LogP contribution >= 0.6 is 11.3 Å². The molecular weight excluding hydrogens is 344 g/mol. The van der Waals surface area contributed by atoms with Crippen molar-refractivity contribution in [1.29, 1.82) is 0 Å². The zero-order valence-corrected chi connectivity index (χ0v) is 15.7. The highest BCUT2D eigenvalue weighted by Crippen LogP contribution is 2.38. The van der Waals surface area contributed by atoms with Crippen LogP contribution in [-0.2, 0) is 5.60 Å². The Balaban J connectivity index is 1.93. The van der Waals surface area contributed by atoms with Crippen LogP contribution in [0.4, 0.5) is 0 Å². The molecule has 0 saturated carbocycles. The number of pyridine rings is 1. The predicted molar refractivity (Wildman–Crippen MR) is 104 cm³/mol. The Bertz CT molecular complexity index is 1040. The minimum atomic E-state index is -1.30. The van der Waals surface area contributed by atoms with Gasteiger partial charge in [0.1, 0.15) is 5.69 Å². The minimum Gasteiger partial charge on any atom is -0.377 e. The van der Waals surface area contributed by atoms with Gasteiger partial charge in [0.25, 0.3) is 0 Å². The van der Waals surface area contributed by atoms with Gasteiger partial charge in [-0.05, 0) is 42.0 Å². The van der Waals surface area contributed by atoms with E-state index < -0.39 is 5.60 Å². The topological polar surface area (TPSA) is 74.7 Å². The van der Waals surface area contributed by atoms with Gasteiger partial charge in [-0.15, -0.1) is 11.3 Å². The molecule has 0 amide bonds. The average Bonchev–Trinajstić information content (AvgIpc) is 3.34. The van der Waals surface area contributed by atoms with Crippen molar-refractivity contribution in [1.82, 2.24) is 20.4 Å². The lowest BCUT2D eigenvalue weighted by molar-refractivity contribution is 0.0235. The maximum Gasteiger partial charge on any atom is 0.154 e. The standard InChI is InChI=1S/C20H20N4OS/c1-12(2)20(25,18-11-21-24-23-18)17-9-7-14-15(22-17)8-6-13(3)19(14)16-5-4-10-26-16/h4-12,25H,1-3H3,(H,21,23,24). The van der Waals surface area contributed by atoms with Crippen LogP contribution in [0.2, 0.25) is 0 Å². The molecule has 0 aliphatic heterocycles. The van der Waals surface area contributed by atoms with E-state index in [0.717, 1.165) is 10.9 Å². The van der Waals surface area contributed by atoms with Gasteiger partial charge in [-0.25, -0.2) is 4.98 Å². The maximum atomic E-state index is 11.4. The molecule has 132 valence electrons. The fraction of sp³-hybridized carbons (Fsp3) is 0.250. The summed E-state index contributed by atoms with van der Waals surface area (Å²) in [6, 6.07) is 12.2. The predicted octanol–water partition coefficient (Wildman–Crippen LogP) is 4.28. The van der Waals surface area contributed by atoms with Gasteiger partial charge in [-0.2, -0.15) is 15.4 Å². The first kappa shape index (κ1) is 16.9. The van der Waals surface area contributed by atoms with E-state index in [1.54, 1.807) is 17.5 Å². The number of aromatic amines is 1. The lowest BCUT2D eigenvalue weighted by Gasteiger charge is -2.29. The van der Waals surface area contributed by atoms with Gasteiger partial charge in [-0.3, -0.25) is 0 Å². The smallest absolute Gasteiger partial charge is 0.154 e. The van der Waals surface area contributed by atoms with Crippen molar-refractivity contribution in [2.75, 3.05) is 0 Å². The van der Waals surface area contributed by atoms with E-state index in [4.69, 9.17) is 4.98 Å². The minimum absolute atomic E-state index is 0.111. The molecule has 0 fully saturated rings. The quantitative estimate of drug-likeness (QED) is 0.567. The van der Waals surface area contributed by atoms with Crippen LogP contribution in [0, 0.1) is 12.8 Å². The first-order valence-electron chi connectivity index (χ1n) is 8.55. The van der Waals surface area contributed by atoms with Gasteiger partial charge in [0.15, 0.2) is 5.60 Å². The van der Waals surface area contributed by atoms with E-state index >= 15 is 0 Å². The molecule has 0 spiro atoms. The molecule has 3 aromatic heterocycles. The second-order valence-electron chi connectivity index (χ2n) is 6.77. The number of hydrogen-bond acceptors (Lipinski definition) is 5. The van der Waals surface area contributed by atoms with E-state index in [1.807, 2.05) is 32.0 Å². The molecule has 26 heavy (non-hydrogen) atoms. The van der Waals surface area contributed by atoms with E-state index in [2.05, 4.69) is 45.9 Å². The first-order chi connectivity index (χ1) is 12.5. The maximum absolute atomic E-state index is 11.4. The Kier molecular flexibility index (Phi) is 4.09. The van der Waals surface area contributed by atoms with Crippen molar-refractivity contribution >= 4 is 22.2 Å². The Morgan fingerprint density at radius 2 is 1.96 bits per heavy atom. The number of H-pyrrole nitrogens is 1. The van der Waals surface area contributed by atoms with Crippen LogP contribution < -0.4 is 0 Å². The summed E-state index contributed by atoms with van der Waals surface area (Å²) in [7, 11) is 0. The Hall–Kier alpha value is -2.57. The largest absolute Gasteiger partial charge is 0.377 e. The van der Waals surface area contributed by atoms with E-state index in [-0.39, 0.29) is 5.92 Å². The average molecular weight is 364 g/mol. The zero-order valence-electron chi connectivity index (χ0n) is 14.9. The number of fused-ring (bicyclic) bond motifs is 1. The monoisotopic (exact) mass is 364 g/mol. The summed E-state index contributed by atoms with van der Waals surface area (Å²) >= 11 is 1.72. The number of nitrogens with zero attached hydrogens (tertiary/aromatic N) is 3. The molecule has 0 radical (unpaired) electrons. The summed E-state index contributed by atoms with van der Waals surface area (Å²) in [5.41, 5.74) is 3.03. The van der Waals surface area contributed by atoms with Crippen LogP contribution in [0.5, 0.6) is 0 Å². The van der Waals surface area contributed by atoms with Gasteiger partial charge in [0.05, 0.1) is 17.4 Å². The van der Waals surface area contributed by atoms with Gasteiger partial charge >= 0.3 is 0 Å². The molecule has 4 rings (SSSR count). The van der Waals surface area contributed by atoms with E-state index in [0.29, 0.717) is 11.4 Å². The van der Waals surface area contributed by atoms with E-state index in [9.17, 15) is 5.11 Å². The van der Waals surface area contributed by atoms with Crippen molar-refractivity contribution < 1.29 is 5.11 Å². The van der Waals surface area contributed by atoms with E-state index in [1.165, 1.54) is 16.0 Å². The van der Waals surface area contributed by atoms with Crippen LogP contribution in [0.1, 0.15) is 30.8 Å². The molecule has 1 atom stereocenters. The highest BCUT2D eigenvalue weighted by atomic mass is 32.1. The van der Waals surface area contributed by atoms with Crippen molar-refractivity contribution in [2.45, 2.75) is 26.4 Å². The highest BCUT2D eigenvalue weighted by molar-refractivity contribution is 7.13. The number of aliphatic hydroxyl groups is 1. The third-order valence-corrected chi connectivity index (χ3v) is 5.77. The summed E-state index contributed by atoms with van der Waals surface area (Å²) in [5, 5.41) is 25.1. The molecular formula is C20H20N4OS. The molecule has 0 aliphatic carbocycles. The lowest BCUT2D eigenvalue weighted by Crippen LogP contribution is -2.35. The second kappa shape index (κ2) is 6.30. The lowest BCUT2D eigenvalue weighted by atomic mass is 9.83. The molecule has 3 heterocycles. The Labute approximate surface area is 155 Å². The summed E-state index contributed by atoms with van der Waals surface area (Å²) in [4.78, 5) is 6.03. The SMILES string of the molecule is Cc1ccc2nc(C(O)(c3cn[nH]n3)C(C)C)ccc2c1-c1cccs1. The first-order valence-corrected chi connectivity index (χ1v) is 9.43. The summed E-state index contributed by atoms with van der Waals surface area (Å²) < 4.78 is 0. The van der Waals surface area contributed by atoms with Gasteiger partial charge in [0, 0.05) is 15.8 Å². The van der Waals surface area contributed by atoms with Gasteiger partial charge < -0.3 is 5.11 Å². The van der Waals surface area contributed by atoms with Gasteiger partial charge in [-0.1, -0.05) is 32.0 Å². The molecule has 0 saturated heterocycles.